The van der Waals surface area contributed by atoms with Gasteiger partial charge < -0.3 is 0 Å². The minimum Gasteiger partial charge on any atom is -0.264 e. The van der Waals surface area contributed by atoms with E-state index in [0.29, 0.717) is 6.42 Å². The Morgan fingerprint density at radius 1 is 1.38 bits per heavy atom. The summed E-state index contributed by atoms with van der Waals surface area (Å²) in [5, 5.41) is 10.7. The molecule has 0 bridgehead atoms. The zero-order chi connectivity index (χ0) is 9.68. The van der Waals surface area contributed by atoms with Crippen LogP contribution in [0, 0.1) is 10.1 Å². The lowest BCUT2D eigenvalue weighted by atomic mass is 10.0. The van der Waals surface area contributed by atoms with Crippen molar-refractivity contribution >= 4 is 0 Å². The van der Waals surface area contributed by atoms with Crippen molar-refractivity contribution in [1.82, 2.24) is 0 Å². The van der Waals surface area contributed by atoms with Crippen molar-refractivity contribution in [3.63, 3.8) is 0 Å². The van der Waals surface area contributed by atoms with Crippen LogP contribution in [0.1, 0.15) is 31.4 Å². The lowest BCUT2D eigenvalue weighted by Gasteiger charge is -2.07. The molecule has 1 aromatic rings. The second kappa shape index (κ2) is 4.60. The van der Waals surface area contributed by atoms with Crippen molar-refractivity contribution in [3.8, 4) is 0 Å². The topological polar surface area (TPSA) is 43.1 Å². The van der Waals surface area contributed by atoms with Gasteiger partial charge in [-0.3, -0.25) is 10.1 Å². The van der Waals surface area contributed by atoms with Gasteiger partial charge in [0.05, 0.1) is 0 Å². The van der Waals surface area contributed by atoms with Crippen LogP contribution >= 0.6 is 0 Å². The fourth-order valence-corrected chi connectivity index (χ4v) is 1.34. The fourth-order valence-electron chi connectivity index (χ4n) is 1.34. The SMILES string of the molecule is CCCC(c1ccccc1)[N+](=O)[O-]. The minimum absolute atomic E-state index is 0.209. The van der Waals surface area contributed by atoms with Gasteiger partial charge in [-0.2, -0.15) is 0 Å². The van der Waals surface area contributed by atoms with Gasteiger partial charge in [0.15, 0.2) is 0 Å². The molecule has 0 saturated heterocycles. The summed E-state index contributed by atoms with van der Waals surface area (Å²) in [6, 6.07) is 8.62. The quantitative estimate of drug-likeness (QED) is 0.527. The summed E-state index contributed by atoms with van der Waals surface area (Å²) in [4.78, 5) is 10.5. The number of hydrogen-bond donors (Lipinski definition) is 0. The number of nitrogens with zero attached hydrogens (tertiary/aromatic N) is 1. The van der Waals surface area contributed by atoms with Gasteiger partial charge >= 0.3 is 0 Å². The van der Waals surface area contributed by atoms with Gasteiger partial charge in [-0.25, -0.2) is 0 Å². The van der Waals surface area contributed by atoms with Crippen LogP contribution in [0.4, 0.5) is 0 Å². The van der Waals surface area contributed by atoms with Crippen LogP contribution in [0.25, 0.3) is 0 Å². The monoisotopic (exact) mass is 179 g/mol. The smallest absolute Gasteiger partial charge is 0.238 e. The fraction of sp³-hybridized carbons (Fsp3) is 0.400. The van der Waals surface area contributed by atoms with E-state index in [1.54, 1.807) is 0 Å². The zero-order valence-corrected chi connectivity index (χ0v) is 7.64. The predicted octanol–water partition coefficient (Wildman–Crippen LogP) is 2.80. The van der Waals surface area contributed by atoms with E-state index in [4.69, 9.17) is 0 Å². The highest BCUT2D eigenvalue weighted by molar-refractivity contribution is 5.17. The van der Waals surface area contributed by atoms with E-state index >= 15 is 0 Å². The third-order valence-electron chi connectivity index (χ3n) is 2.00. The van der Waals surface area contributed by atoms with Crippen LogP contribution in [0.2, 0.25) is 0 Å². The molecule has 0 saturated carbocycles. The first kappa shape index (κ1) is 9.71. The van der Waals surface area contributed by atoms with E-state index < -0.39 is 6.04 Å². The molecule has 0 N–H and O–H groups in total. The average Bonchev–Trinajstić information content (AvgIpc) is 2.15. The van der Waals surface area contributed by atoms with Gasteiger partial charge in [-0.05, 0) is 6.42 Å². The minimum atomic E-state index is -0.536. The highest BCUT2D eigenvalue weighted by Gasteiger charge is 2.20. The lowest BCUT2D eigenvalue weighted by Crippen LogP contribution is -2.09. The van der Waals surface area contributed by atoms with Crippen molar-refractivity contribution in [3.05, 3.63) is 46.0 Å². The van der Waals surface area contributed by atoms with Gasteiger partial charge in [0.2, 0.25) is 6.04 Å². The molecule has 1 rings (SSSR count). The van der Waals surface area contributed by atoms with Crippen LogP contribution < -0.4 is 0 Å². The standard InChI is InChI=1S/C10H13NO2/c1-2-6-10(11(12)13)9-7-4-3-5-8-9/h3-5,7-8,10H,2,6H2,1H3. The summed E-state index contributed by atoms with van der Waals surface area (Å²) in [6.07, 6.45) is 1.44. The van der Waals surface area contributed by atoms with E-state index in [9.17, 15) is 10.1 Å². The van der Waals surface area contributed by atoms with Gasteiger partial charge in [0, 0.05) is 16.9 Å². The largest absolute Gasteiger partial charge is 0.264 e. The molecule has 1 aromatic carbocycles. The molecule has 3 nitrogen and oxygen atoms in total. The first-order chi connectivity index (χ1) is 6.25. The molecule has 0 aliphatic rings. The average molecular weight is 179 g/mol. The number of nitro groups is 1. The van der Waals surface area contributed by atoms with Crippen LogP contribution in [0.5, 0.6) is 0 Å². The summed E-state index contributed by atoms with van der Waals surface area (Å²) < 4.78 is 0. The summed E-state index contributed by atoms with van der Waals surface area (Å²) in [5.41, 5.74) is 0.800. The Hall–Kier alpha value is -1.38. The molecule has 0 spiro atoms. The predicted molar refractivity (Wildman–Crippen MR) is 51.1 cm³/mol. The van der Waals surface area contributed by atoms with Gasteiger partial charge in [0.25, 0.3) is 0 Å². The molecule has 0 radical (unpaired) electrons. The first-order valence-electron chi connectivity index (χ1n) is 4.44. The molecule has 0 aromatic heterocycles. The molecule has 3 heteroatoms. The highest BCUT2D eigenvalue weighted by Crippen LogP contribution is 2.20. The number of hydrogen-bond acceptors (Lipinski definition) is 2. The molecule has 1 unspecified atom stereocenters. The van der Waals surface area contributed by atoms with E-state index in [1.165, 1.54) is 0 Å². The Morgan fingerprint density at radius 3 is 2.46 bits per heavy atom. The van der Waals surface area contributed by atoms with Crippen molar-refractivity contribution in [2.45, 2.75) is 25.8 Å². The molecule has 0 aliphatic carbocycles. The van der Waals surface area contributed by atoms with Crippen LogP contribution in [-0.4, -0.2) is 4.92 Å². The third kappa shape index (κ3) is 2.54. The van der Waals surface area contributed by atoms with Crippen molar-refractivity contribution < 1.29 is 4.92 Å². The van der Waals surface area contributed by atoms with Crippen molar-refractivity contribution in [2.75, 3.05) is 0 Å². The highest BCUT2D eigenvalue weighted by atomic mass is 16.6. The van der Waals surface area contributed by atoms with Crippen LogP contribution in [0.15, 0.2) is 30.3 Å². The van der Waals surface area contributed by atoms with Crippen molar-refractivity contribution in [1.29, 1.82) is 0 Å². The molecule has 1 atom stereocenters. The normalized spacial score (nSPS) is 12.4. The van der Waals surface area contributed by atoms with Crippen molar-refractivity contribution in [2.24, 2.45) is 0 Å². The van der Waals surface area contributed by atoms with Crippen LogP contribution in [0.3, 0.4) is 0 Å². The molecular weight excluding hydrogens is 166 g/mol. The Kier molecular flexibility index (Phi) is 3.43. The Morgan fingerprint density at radius 2 is 2.00 bits per heavy atom. The third-order valence-corrected chi connectivity index (χ3v) is 2.00. The summed E-state index contributed by atoms with van der Waals surface area (Å²) >= 11 is 0. The Labute approximate surface area is 77.5 Å². The Balaban J connectivity index is 2.82. The van der Waals surface area contributed by atoms with Gasteiger partial charge in [-0.15, -0.1) is 0 Å². The van der Waals surface area contributed by atoms with Gasteiger partial charge in [0.1, 0.15) is 0 Å². The molecule has 0 amide bonds. The van der Waals surface area contributed by atoms with E-state index in [2.05, 4.69) is 0 Å². The molecule has 0 heterocycles. The molecular formula is C10H13NO2. The lowest BCUT2D eigenvalue weighted by molar-refractivity contribution is -0.530. The second-order valence-corrected chi connectivity index (χ2v) is 3.00. The van der Waals surface area contributed by atoms with E-state index in [-0.39, 0.29) is 4.92 Å². The molecule has 70 valence electrons. The maximum absolute atomic E-state index is 10.7. The number of benzene rings is 1. The summed E-state index contributed by atoms with van der Waals surface area (Å²) in [7, 11) is 0. The summed E-state index contributed by atoms with van der Waals surface area (Å²) in [6.45, 7) is 1.96. The van der Waals surface area contributed by atoms with E-state index in [0.717, 1.165) is 12.0 Å². The first-order valence-corrected chi connectivity index (χ1v) is 4.44. The summed E-state index contributed by atoms with van der Waals surface area (Å²) in [5.74, 6) is 0. The number of rotatable bonds is 4. The van der Waals surface area contributed by atoms with Crippen LogP contribution in [-0.2, 0) is 0 Å². The maximum atomic E-state index is 10.7. The Bertz CT molecular complexity index is 272. The second-order valence-electron chi connectivity index (χ2n) is 3.00. The molecule has 0 fully saturated rings. The maximum Gasteiger partial charge on any atom is 0.238 e. The van der Waals surface area contributed by atoms with E-state index in [1.807, 2.05) is 37.3 Å². The zero-order valence-electron chi connectivity index (χ0n) is 7.64. The molecule has 0 aliphatic heterocycles. The molecule has 13 heavy (non-hydrogen) atoms. The van der Waals surface area contributed by atoms with Gasteiger partial charge in [-0.1, -0.05) is 37.3 Å².